The van der Waals surface area contributed by atoms with Gasteiger partial charge in [0.15, 0.2) is 5.11 Å². The van der Waals surface area contributed by atoms with Crippen LogP contribution in [0.4, 0.5) is 13.2 Å². The van der Waals surface area contributed by atoms with Gasteiger partial charge in [-0.1, -0.05) is 6.07 Å². The van der Waals surface area contributed by atoms with E-state index in [4.69, 9.17) is 17.0 Å². The second-order valence-electron chi connectivity index (χ2n) is 4.49. The Morgan fingerprint density at radius 3 is 2.64 bits per heavy atom. The second kappa shape index (κ2) is 7.95. The van der Waals surface area contributed by atoms with Crippen LogP contribution in [0.25, 0.3) is 0 Å². The zero-order valence-corrected chi connectivity index (χ0v) is 12.8. The van der Waals surface area contributed by atoms with Gasteiger partial charge in [-0.2, -0.15) is 13.2 Å². The highest BCUT2D eigenvalue weighted by Crippen LogP contribution is 2.29. The van der Waals surface area contributed by atoms with E-state index in [0.717, 1.165) is 18.2 Å². The van der Waals surface area contributed by atoms with Gasteiger partial charge in [0.2, 0.25) is 0 Å². The van der Waals surface area contributed by atoms with Crippen molar-refractivity contribution >= 4 is 23.2 Å². The number of ether oxygens (including phenoxy) is 1. The molecule has 9 heteroatoms. The number of hydrogen-bond donors (Lipinski definition) is 3. The number of amides is 1. The molecule has 1 amide bonds. The number of thiocarbonyl (C=S) groups is 1. The van der Waals surface area contributed by atoms with Gasteiger partial charge in [-0.15, -0.1) is 0 Å². The van der Waals surface area contributed by atoms with Crippen LogP contribution >= 0.6 is 12.2 Å². The van der Waals surface area contributed by atoms with Crippen LogP contribution < -0.4 is 16.2 Å². The molecule has 0 aliphatic heterocycles. The third-order valence-electron chi connectivity index (χ3n) is 2.54. The monoisotopic (exact) mass is 335 g/mol. The standard InChI is InChI=1S/C13H16F3N3O2S/c1-8(7-21-2)17-12(22)19-18-11(20)9-4-3-5-10(6-9)13(14,15)16/h3-6,8H,7H2,1-2H3,(H,18,20)(H2,17,19,22)/t8-/m1/s1. The van der Waals surface area contributed by atoms with Crippen molar-refractivity contribution < 1.29 is 22.7 Å². The Kier molecular flexibility index (Phi) is 6.57. The molecule has 0 aliphatic rings. The van der Waals surface area contributed by atoms with Crippen LogP contribution in [0, 0.1) is 0 Å². The number of nitrogens with one attached hydrogen (secondary N) is 3. The van der Waals surface area contributed by atoms with Crippen molar-refractivity contribution in [2.45, 2.75) is 19.1 Å². The van der Waals surface area contributed by atoms with Crippen LogP contribution in [0.15, 0.2) is 24.3 Å². The average Bonchev–Trinajstić information content (AvgIpc) is 2.44. The van der Waals surface area contributed by atoms with E-state index in [1.54, 1.807) is 0 Å². The summed E-state index contributed by atoms with van der Waals surface area (Å²) in [5, 5.41) is 2.95. The number of alkyl halides is 3. The molecule has 0 fully saturated rings. The number of hydrazine groups is 1. The molecule has 22 heavy (non-hydrogen) atoms. The van der Waals surface area contributed by atoms with Gasteiger partial charge < -0.3 is 10.1 Å². The molecule has 1 rings (SSSR count). The lowest BCUT2D eigenvalue weighted by Crippen LogP contribution is -2.49. The Morgan fingerprint density at radius 1 is 1.36 bits per heavy atom. The number of benzene rings is 1. The van der Waals surface area contributed by atoms with Crippen LogP contribution in [0.3, 0.4) is 0 Å². The van der Waals surface area contributed by atoms with Crippen LogP contribution in [0.1, 0.15) is 22.8 Å². The minimum absolute atomic E-state index is 0.0875. The van der Waals surface area contributed by atoms with Gasteiger partial charge in [-0.05, 0) is 37.3 Å². The number of carbonyl (C=O) groups excluding carboxylic acids is 1. The maximum atomic E-state index is 12.6. The molecular formula is C13H16F3N3O2S. The highest BCUT2D eigenvalue weighted by atomic mass is 32.1. The smallest absolute Gasteiger partial charge is 0.383 e. The van der Waals surface area contributed by atoms with E-state index in [0.29, 0.717) is 6.61 Å². The van der Waals surface area contributed by atoms with E-state index in [9.17, 15) is 18.0 Å². The van der Waals surface area contributed by atoms with Crippen molar-refractivity contribution in [3.63, 3.8) is 0 Å². The molecule has 0 radical (unpaired) electrons. The third-order valence-corrected chi connectivity index (χ3v) is 2.76. The van der Waals surface area contributed by atoms with Gasteiger partial charge in [0.05, 0.1) is 12.2 Å². The largest absolute Gasteiger partial charge is 0.416 e. The number of hydrogen-bond acceptors (Lipinski definition) is 3. The molecule has 0 spiro atoms. The molecule has 0 heterocycles. The average molecular weight is 335 g/mol. The van der Waals surface area contributed by atoms with Crippen molar-refractivity contribution in [3.05, 3.63) is 35.4 Å². The van der Waals surface area contributed by atoms with Crippen molar-refractivity contribution in [2.24, 2.45) is 0 Å². The van der Waals surface area contributed by atoms with Crippen LogP contribution in [0.2, 0.25) is 0 Å². The van der Waals surface area contributed by atoms with Crippen molar-refractivity contribution in [2.75, 3.05) is 13.7 Å². The van der Waals surface area contributed by atoms with Crippen LogP contribution in [-0.2, 0) is 10.9 Å². The normalized spacial score (nSPS) is 12.4. The lowest BCUT2D eigenvalue weighted by Gasteiger charge is -2.16. The Bertz CT molecular complexity index is 538. The first kappa shape index (κ1) is 18.2. The Hall–Kier alpha value is -1.87. The quantitative estimate of drug-likeness (QED) is 0.579. The molecular weight excluding hydrogens is 319 g/mol. The first-order valence-corrected chi connectivity index (χ1v) is 6.68. The number of halogens is 3. The van der Waals surface area contributed by atoms with Gasteiger partial charge in [-0.3, -0.25) is 15.6 Å². The predicted octanol–water partition coefficient (Wildman–Crippen LogP) is 1.85. The van der Waals surface area contributed by atoms with Gasteiger partial charge in [-0.25, -0.2) is 0 Å². The Morgan fingerprint density at radius 2 is 2.05 bits per heavy atom. The minimum Gasteiger partial charge on any atom is -0.383 e. The van der Waals surface area contributed by atoms with E-state index in [2.05, 4.69) is 16.2 Å². The fourth-order valence-electron chi connectivity index (χ4n) is 1.57. The lowest BCUT2D eigenvalue weighted by atomic mass is 10.1. The number of methoxy groups -OCH3 is 1. The van der Waals surface area contributed by atoms with E-state index >= 15 is 0 Å². The van der Waals surface area contributed by atoms with Gasteiger partial charge >= 0.3 is 6.18 Å². The van der Waals surface area contributed by atoms with Crippen LogP contribution in [0.5, 0.6) is 0 Å². The summed E-state index contributed by atoms with van der Waals surface area (Å²) in [6, 6.07) is 4.00. The van der Waals surface area contributed by atoms with Gasteiger partial charge in [0.1, 0.15) is 0 Å². The maximum absolute atomic E-state index is 12.6. The molecule has 5 nitrogen and oxygen atoms in total. The van der Waals surface area contributed by atoms with E-state index in [1.807, 2.05) is 6.92 Å². The van der Waals surface area contributed by atoms with Gasteiger partial charge in [0.25, 0.3) is 5.91 Å². The van der Waals surface area contributed by atoms with Crippen molar-refractivity contribution in [3.8, 4) is 0 Å². The van der Waals surface area contributed by atoms with Crippen molar-refractivity contribution in [1.82, 2.24) is 16.2 Å². The molecule has 0 bridgehead atoms. The molecule has 122 valence electrons. The summed E-state index contributed by atoms with van der Waals surface area (Å²) in [4.78, 5) is 11.8. The summed E-state index contributed by atoms with van der Waals surface area (Å²) in [7, 11) is 1.53. The Labute approximate surface area is 131 Å². The highest BCUT2D eigenvalue weighted by Gasteiger charge is 2.30. The number of rotatable bonds is 4. The topological polar surface area (TPSA) is 62.4 Å². The van der Waals surface area contributed by atoms with Crippen molar-refractivity contribution in [1.29, 1.82) is 0 Å². The van der Waals surface area contributed by atoms with Crippen LogP contribution in [-0.4, -0.2) is 30.8 Å². The summed E-state index contributed by atoms with van der Waals surface area (Å²) in [5.41, 5.74) is 3.61. The lowest BCUT2D eigenvalue weighted by molar-refractivity contribution is -0.137. The fraction of sp³-hybridized carbons (Fsp3) is 0.385. The first-order valence-electron chi connectivity index (χ1n) is 6.27. The van der Waals surface area contributed by atoms with Gasteiger partial charge in [0, 0.05) is 18.7 Å². The number of carbonyl (C=O) groups is 1. The molecule has 1 aromatic carbocycles. The molecule has 0 saturated carbocycles. The molecule has 0 saturated heterocycles. The Balaban J connectivity index is 2.57. The highest BCUT2D eigenvalue weighted by molar-refractivity contribution is 7.80. The predicted molar refractivity (Wildman–Crippen MR) is 79.1 cm³/mol. The summed E-state index contributed by atoms with van der Waals surface area (Å²) in [5.74, 6) is -0.727. The van der Waals surface area contributed by atoms with E-state index in [-0.39, 0.29) is 16.7 Å². The molecule has 0 aromatic heterocycles. The first-order chi connectivity index (χ1) is 10.2. The summed E-state index contributed by atoms with van der Waals surface area (Å²) in [6.45, 7) is 2.22. The van der Waals surface area contributed by atoms with E-state index < -0.39 is 17.6 Å². The maximum Gasteiger partial charge on any atom is 0.416 e. The second-order valence-corrected chi connectivity index (χ2v) is 4.90. The fourth-order valence-corrected chi connectivity index (χ4v) is 1.83. The SMILES string of the molecule is COC[C@@H](C)NC(=S)NNC(=O)c1cccc(C(F)(F)F)c1. The molecule has 3 N–H and O–H groups in total. The molecule has 1 aromatic rings. The third kappa shape index (κ3) is 5.86. The zero-order valence-electron chi connectivity index (χ0n) is 12.0. The molecule has 0 aliphatic carbocycles. The molecule has 1 atom stereocenters. The van der Waals surface area contributed by atoms with E-state index in [1.165, 1.54) is 13.2 Å². The summed E-state index contributed by atoms with van der Waals surface area (Å²) in [6.07, 6.45) is -4.50. The zero-order chi connectivity index (χ0) is 16.8. The molecule has 0 unspecified atom stereocenters. The summed E-state index contributed by atoms with van der Waals surface area (Å²) >= 11 is 4.93. The minimum atomic E-state index is -4.50. The summed E-state index contributed by atoms with van der Waals surface area (Å²) < 4.78 is 42.6.